The fraction of sp³-hybridized carbons (Fsp3) is 0.500. The number of H-pyrrole nitrogens is 1. The van der Waals surface area contributed by atoms with Crippen LogP contribution in [0.2, 0.25) is 0 Å². The number of aromatic amines is 1. The minimum atomic E-state index is -1.01. The van der Waals surface area contributed by atoms with Gasteiger partial charge in [-0.05, 0) is 20.8 Å². The first-order valence-electron chi connectivity index (χ1n) is 3.70. The second-order valence-electron chi connectivity index (χ2n) is 3.30. The first-order valence-corrected chi connectivity index (χ1v) is 3.70. The lowest BCUT2D eigenvalue weighted by atomic mass is 9.97. The highest BCUT2D eigenvalue weighted by Crippen LogP contribution is 2.19. The van der Waals surface area contributed by atoms with Gasteiger partial charge in [-0.25, -0.2) is 5.10 Å². The van der Waals surface area contributed by atoms with E-state index in [1.807, 2.05) is 0 Å². The molecule has 66 valence electrons. The second-order valence-corrected chi connectivity index (χ2v) is 3.30. The second kappa shape index (κ2) is 2.71. The first kappa shape index (κ1) is 8.93. The molecule has 0 bridgehead atoms. The van der Waals surface area contributed by atoms with Gasteiger partial charge in [0, 0.05) is 11.1 Å². The minimum absolute atomic E-state index is 0.255. The number of aliphatic hydroxyl groups is 1. The maximum Gasteiger partial charge on any atom is 0.267 e. The van der Waals surface area contributed by atoms with Crippen molar-refractivity contribution in [1.29, 1.82) is 0 Å². The van der Waals surface area contributed by atoms with Crippen molar-refractivity contribution in [3.63, 3.8) is 0 Å². The van der Waals surface area contributed by atoms with Crippen molar-refractivity contribution in [2.24, 2.45) is 0 Å². The average molecular weight is 168 g/mol. The molecule has 0 fully saturated rings. The fourth-order valence-electron chi connectivity index (χ4n) is 1.08. The summed E-state index contributed by atoms with van der Waals surface area (Å²) in [6.45, 7) is 4.90. The van der Waals surface area contributed by atoms with Gasteiger partial charge in [0.2, 0.25) is 0 Å². The topological polar surface area (TPSA) is 66.0 Å². The van der Waals surface area contributed by atoms with Crippen molar-refractivity contribution in [2.75, 3.05) is 0 Å². The smallest absolute Gasteiger partial charge is 0.267 e. The van der Waals surface area contributed by atoms with E-state index in [0.29, 0.717) is 11.1 Å². The van der Waals surface area contributed by atoms with E-state index in [1.54, 1.807) is 20.8 Å². The van der Waals surface area contributed by atoms with Crippen LogP contribution >= 0.6 is 0 Å². The Morgan fingerprint density at radius 2 is 2.17 bits per heavy atom. The van der Waals surface area contributed by atoms with Crippen molar-refractivity contribution in [1.82, 2.24) is 10.2 Å². The van der Waals surface area contributed by atoms with E-state index in [9.17, 15) is 9.90 Å². The number of aromatic nitrogens is 2. The van der Waals surface area contributed by atoms with Gasteiger partial charge in [-0.2, -0.15) is 5.10 Å². The van der Waals surface area contributed by atoms with Gasteiger partial charge in [0.1, 0.15) is 0 Å². The number of hydrogen-bond acceptors (Lipinski definition) is 3. The van der Waals surface area contributed by atoms with Crippen LogP contribution in [0.15, 0.2) is 11.0 Å². The standard InChI is InChI=1S/C8H12N2O2/c1-5-6(8(2,3)12)4-9-10-7(5)11/h4,12H,1-3H3,(H,10,11). The molecule has 0 spiro atoms. The van der Waals surface area contributed by atoms with Crippen LogP contribution in [0.3, 0.4) is 0 Å². The maximum absolute atomic E-state index is 11.1. The van der Waals surface area contributed by atoms with Gasteiger partial charge in [-0.3, -0.25) is 4.79 Å². The third-order valence-electron chi connectivity index (χ3n) is 1.76. The van der Waals surface area contributed by atoms with Crippen molar-refractivity contribution >= 4 is 0 Å². The molecule has 0 amide bonds. The molecule has 1 rings (SSSR count). The maximum atomic E-state index is 11.1. The quantitative estimate of drug-likeness (QED) is 0.634. The molecule has 0 atom stereocenters. The lowest BCUT2D eigenvalue weighted by Crippen LogP contribution is -2.23. The number of nitrogens with one attached hydrogen (secondary N) is 1. The van der Waals surface area contributed by atoms with E-state index in [4.69, 9.17) is 0 Å². The van der Waals surface area contributed by atoms with Gasteiger partial charge in [0.25, 0.3) is 5.56 Å². The monoisotopic (exact) mass is 168 g/mol. The van der Waals surface area contributed by atoms with Crippen molar-refractivity contribution in [3.8, 4) is 0 Å². The summed E-state index contributed by atoms with van der Waals surface area (Å²) in [7, 11) is 0. The molecule has 0 saturated carbocycles. The van der Waals surface area contributed by atoms with Crippen LogP contribution in [0.1, 0.15) is 25.0 Å². The molecule has 0 aromatic carbocycles. The van der Waals surface area contributed by atoms with Crippen LogP contribution in [-0.2, 0) is 5.60 Å². The van der Waals surface area contributed by atoms with E-state index in [0.717, 1.165) is 0 Å². The molecule has 0 aliphatic rings. The molecule has 12 heavy (non-hydrogen) atoms. The largest absolute Gasteiger partial charge is 0.386 e. The van der Waals surface area contributed by atoms with Gasteiger partial charge >= 0.3 is 0 Å². The third-order valence-corrected chi connectivity index (χ3v) is 1.76. The molecule has 1 aromatic rings. The lowest BCUT2D eigenvalue weighted by molar-refractivity contribution is 0.0772. The van der Waals surface area contributed by atoms with Gasteiger partial charge in [0.15, 0.2) is 0 Å². The molecule has 4 heteroatoms. The summed E-state index contributed by atoms with van der Waals surface area (Å²) in [5, 5.41) is 15.5. The Morgan fingerprint density at radius 1 is 1.58 bits per heavy atom. The summed E-state index contributed by atoms with van der Waals surface area (Å²) in [6.07, 6.45) is 1.47. The van der Waals surface area contributed by atoms with Crippen molar-refractivity contribution in [3.05, 3.63) is 27.7 Å². The number of hydrogen-bond donors (Lipinski definition) is 2. The normalized spacial score (nSPS) is 11.7. The van der Waals surface area contributed by atoms with Gasteiger partial charge in [0.05, 0.1) is 11.8 Å². The van der Waals surface area contributed by atoms with Crippen LogP contribution in [0.5, 0.6) is 0 Å². The Kier molecular flexibility index (Phi) is 2.02. The number of rotatable bonds is 1. The van der Waals surface area contributed by atoms with E-state index in [1.165, 1.54) is 6.20 Å². The third kappa shape index (κ3) is 1.53. The SMILES string of the molecule is Cc1c(C(C)(C)O)cn[nH]c1=O. The highest BCUT2D eigenvalue weighted by atomic mass is 16.3. The Hall–Kier alpha value is -1.16. The zero-order valence-electron chi connectivity index (χ0n) is 7.38. The fourth-order valence-corrected chi connectivity index (χ4v) is 1.08. The number of nitrogens with zero attached hydrogens (tertiary/aromatic N) is 1. The Bertz CT molecular complexity index is 336. The zero-order chi connectivity index (χ0) is 9.35. The van der Waals surface area contributed by atoms with E-state index >= 15 is 0 Å². The van der Waals surface area contributed by atoms with Crippen LogP contribution in [0.4, 0.5) is 0 Å². The van der Waals surface area contributed by atoms with Crippen LogP contribution in [0.25, 0.3) is 0 Å². The highest BCUT2D eigenvalue weighted by molar-refractivity contribution is 5.24. The van der Waals surface area contributed by atoms with Crippen molar-refractivity contribution in [2.45, 2.75) is 26.4 Å². The molecule has 1 aromatic heterocycles. The van der Waals surface area contributed by atoms with Crippen molar-refractivity contribution < 1.29 is 5.11 Å². The molecule has 4 nitrogen and oxygen atoms in total. The zero-order valence-corrected chi connectivity index (χ0v) is 7.38. The average Bonchev–Trinajstić information content (AvgIpc) is 1.92. The summed E-state index contributed by atoms with van der Waals surface area (Å²) in [6, 6.07) is 0. The first-order chi connectivity index (χ1) is 5.43. The summed E-state index contributed by atoms with van der Waals surface area (Å²) < 4.78 is 0. The lowest BCUT2D eigenvalue weighted by Gasteiger charge is -2.18. The Morgan fingerprint density at radius 3 is 2.58 bits per heavy atom. The summed E-state index contributed by atoms with van der Waals surface area (Å²) >= 11 is 0. The van der Waals surface area contributed by atoms with E-state index < -0.39 is 5.60 Å². The molecule has 0 radical (unpaired) electrons. The highest BCUT2D eigenvalue weighted by Gasteiger charge is 2.19. The predicted molar refractivity (Wildman–Crippen MR) is 44.8 cm³/mol. The van der Waals surface area contributed by atoms with Crippen LogP contribution in [0, 0.1) is 6.92 Å². The van der Waals surface area contributed by atoms with Gasteiger partial charge in [-0.1, -0.05) is 0 Å². The molecule has 0 unspecified atom stereocenters. The summed E-state index contributed by atoms with van der Waals surface area (Å²) in [4.78, 5) is 11.1. The van der Waals surface area contributed by atoms with Crippen LogP contribution in [-0.4, -0.2) is 15.3 Å². The molecule has 2 N–H and O–H groups in total. The van der Waals surface area contributed by atoms with Gasteiger partial charge in [-0.15, -0.1) is 0 Å². The van der Waals surface area contributed by atoms with Crippen LogP contribution < -0.4 is 5.56 Å². The predicted octanol–water partition coefficient (Wildman–Crippen LogP) is 0.306. The molecule has 1 heterocycles. The molecule has 0 aliphatic carbocycles. The van der Waals surface area contributed by atoms with E-state index in [2.05, 4.69) is 10.2 Å². The molecular weight excluding hydrogens is 156 g/mol. The molecular formula is C8H12N2O2. The minimum Gasteiger partial charge on any atom is -0.386 e. The van der Waals surface area contributed by atoms with E-state index in [-0.39, 0.29) is 5.56 Å². The summed E-state index contributed by atoms with van der Waals surface area (Å²) in [5.41, 5.74) is -0.191. The Labute approximate surface area is 70.3 Å². The molecule has 0 saturated heterocycles. The Balaban J connectivity index is 3.36. The van der Waals surface area contributed by atoms with Gasteiger partial charge < -0.3 is 5.11 Å². The molecule has 0 aliphatic heterocycles. The summed E-state index contributed by atoms with van der Waals surface area (Å²) in [5.74, 6) is 0.